The number of nitrogen functional groups attached to an aromatic ring is 1. The number of hydrogen-bond donors (Lipinski definition) is 2. The number of amides is 1. The van der Waals surface area contributed by atoms with Crippen LogP contribution in [0.3, 0.4) is 0 Å². The molecule has 2 aromatic heterocycles. The molecule has 0 bridgehead atoms. The van der Waals surface area contributed by atoms with E-state index in [0.29, 0.717) is 21.4 Å². The standard InChI is InChI=1S/C12H11BrN4O/c1-7-4-10(14)8(5-16-7)12(18)17-11-2-3-15-6-9(11)13/h2-6H,1H3,(H2,14,16)(H,15,17,18). The molecule has 0 aliphatic heterocycles. The molecule has 2 rings (SSSR count). The molecule has 18 heavy (non-hydrogen) atoms. The maximum absolute atomic E-state index is 12.0. The normalized spacial score (nSPS) is 10.1. The molecule has 0 aliphatic rings. The van der Waals surface area contributed by atoms with E-state index in [0.717, 1.165) is 5.69 Å². The Morgan fingerprint density at radius 2 is 2.22 bits per heavy atom. The third-order valence-electron chi connectivity index (χ3n) is 2.34. The summed E-state index contributed by atoms with van der Waals surface area (Å²) < 4.78 is 0.706. The van der Waals surface area contributed by atoms with E-state index in [9.17, 15) is 4.79 Å². The lowest BCUT2D eigenvalue weighted by atomic mass is 10.2. The lowest BCUT2D eigenvalue weighted by Gasteiger charge is -2.08. The fourth-order valence-electron chi connectivity index (χ4n) is 1.44. The summed E-state index contributed by atoms with van der Waals surface area (Å²) in [6.45, 7) is 1.82. The Labute approximate surface area is 113 Å². The third kappa shape index (κ3) is 2.65. The number of nitrogens with two attached hydrogens (primary N) is 1. The van der Waals surface area contributed by atoms with Gasteiger partial charge in [0, 0.05) is 30.0 Å². The number of halogens is 1. The fraction of sp³-hybridized carbons (Fsp3) is 0.0833. The molecule has 5 nitrogen and oxygen atoms in total. The number of aryl methyl sites for hydroxylation is 1. The number of aromatic nitrogens is 2. The van der Waals surface area contributed by atoms with Crippen LogP contribution in [0.25, 0.3) is 0 Å². The molecule has 0 saturated carbocycles. The van der Waals surface area contributed by atoms with Crippen LogP contribution in [-0.4, -0.2) is 15.9 Å². The minimum absolute atomic E-state index is 0.299. The number of rotatable bonds is 2. The van der Waals surface area contributed by atoms with Gasteiger partial charge in [0.1, 0.15) is 0 Å². The smallest absolute Gasteiger partial charge is 0.259 e. The first-order valence-electron chi connectivity index (χ1n) is 5.21. The first-order chi connectivity index (χ1) is 8.58. The van der Waals surface area contributed by atoms with E-state index in [1.807, 2.05) is 6.92 Å². The maximum atomic E-state index is 12.0. The Bertz CT molecular complexity index is 600. The summed E-state index contributed by atoms with van der Waals surface area (Å²) in [7, 11) is 0. The number of nitrogens with one attached hydrogen (secondary N) is 1. The van der Waals surface area contributed by atoms with E-state index >= 15 is 0 Å². The topological polar surface area (TPSA) is 80.9 Å². The van der Waals surface area contributed by atoms with Gasteiger partial charge in [-0.25, -0.2) is 0 Å². The van der Waals surface area contributed by atoms with Crippen molar-refractivity contribution in [1.29, 1.82) is 0 Å². The number of pyridine rings is 2. The van der Waals surface area contributed by atoms with Gasteiger partial charge in [-0.05, 0) is 35.0 Å². The Morgan fingerprint density at radius 3 is 2.89 bits per heavy atom. The predicted molar refractivity (Wildman–Crippen MR) is 73.3 cm³/mol. The molecular weight excluding hydrogens is 296 g/mol. The molecule has 92 valence electrons. The molecule has 0 spiro atoms. The summed E-state index contributed by atoms with van der Waals surface area (Å²) in [5.74, 6) is -0.299. The molecule has 0 fully saturated rings. The van der Waals surface area contributed by atoms with E-state index in [1.54, 1.807) is 24.5 Å². The minimum Gasteiger partial charge on any atom is -0.398 e. The van der Waals surface area contributed by atoms with Gasteiger partial charge in [-0.2, -0.15) is 0 Å². The first-order valence-corrected chi connectivity index (χ1v) is 6.00. The van der Waals surface area contributed by atoms with Crippen LogP contribution in [0.15, 0.2) is 35.2 Å². The van der Waals surface area contributed by atoms with Crippen molar-refractivity contribution in [3.8, 4) is 0 Å². The largest absolute Gasteiger partial charge is 0.398 e. The van der Waals surface area contributed by atoms with E-state index in [1.165, 1.54) is 6.20 Å². The Balaban J connectivity index is 2.25. The van der Waals surface area contributed by atoms with Crippen molar-refractivity contribution in [1.82, 2.24) is 9.97 Å². The van der Waals surface area contributed by atoms with Gasteiger partial charge in [-0.15, -0.1) is 0 Å². The van der Waals surface area contributed by atoms with Crippen LogP contribution in [0.4, 0.5) is 11.4 Å². The number of hydrogen-bond acceptors (Lipinski definition) is 4. The lowest BCUT2D eigenvalue weighted by Crippen LogP contribution is -2.15. The predicted octanol–water partition coefficient (Wildman–Crippen LogP) is 2.38. The number of carbonyl (C=O) groups excluding carboxylic acids is 1. The van der Waals surface area contributed by atoms with Crippen molar-refractivity contribution in [3.63, 3.8) is 0 Å². The van der Waals surface area contributed by atoms with Gasteiger partial charge >= 0.3 is 0 Å². The number of nitrogens with zero attached hydrogens (tertiary/aromatic N) is 2. The van der Waals surface area contributed by atoms with E-state index in [-0.39, 0.29) is 5.91 Å². The molecule has 0 radical (unpaired) electrons. The maximum Gasteiger partial charge on any atom is 0.259 e. The first kappa shape index (κ1) is 12.5. The molecule has 1 amide bonds. The molecule has 6 heteroatoms. The molecular formula is C12H11BrN4O. The van der Waals surface area contributed by atoms with Crippen molar-refractivity contribution in [3.05, 3.63) is 46.5 Å². The van der Waals surface area contributed by atoms with Crippen LogP contribution in [-0.2, 0) is 0 Å². The second-order valence-electron chi connectivity index (χ2n) is 3.72. The van der Waals surface area contributed by atoms with Gasteiger partial charge < -0.3 is 11.1 Å². The Hall–Kier alpha value is -1.95. The minimum atomic E-state index is -0.299. The summed E-state index contributed by atoms with van der Waals surface area (Å²) >= 11 is 3.30. The van der Waals surface area contributed by atoms with Crippen molar-refractivity contribution < 1.29 is 4.79 Å². The van der Waals surface area contributed by atoms with Crippen molar-refractivity contribution >= 4 is 33.2 Å². The van der Waals surface area contributed by atoms with Gasteiger partial charge in [-0.3, -0.25) is 14.8 Å². The highest BCUT2D eigenvalue weighted by Crippen LogP contribution is 2.21. The van der Waals surface area contributed by atoms with Crippen LogP contribution < -0.4 is 11.1 Å². The summed E-state index contributed by atoms with van der Waals surface area (Å²) in [6.07, 6.45) is 4.67. The zero-order chi connectivity index (χ0) is 13.1. The van der Waals surface area contributed by atoms with Crippen molar-refractivity contribution in [2.75, 3.05) is 11.1 Å². The summed E-state index contributed by atoms with van der Waals surface area (Å²) in [5, 5.41) is 2.74. The van der Waals surface area contributed by atoms with Crippen LogP contribution in [0.1, 0.15) is 16.1 Å². The molecule has 0 aromatic carbocycles. The molecule has 0 saturated heterocycles. The molecule has 2 aromatic rings. The average Bonchev–Trinajstić information content (AvgIpc) is 2.32. The highest BCUT2D eigenvalue weighted by molar-refractivity contribution is 9.10. The summed E-state index contributed by atoms with van der Waals surface area (Å²) in [4.78, 5) is 20.0. The Morgan fingerprint density at radius 1 is 1.44 bits per heavy atom. The highest BCUT2D eigenvalue weighted by Gasteiger charge is 2.12. The van der Waals surface area contributed by atoms with E-state index in [4.69, 9.17) is 5.73 Å². The molecule has 0 unspecified atom stereocenters. The summed E-state index contributed by atoms with van der Waals surface area (Å²) in [5.41, 5.74) is 7.95. The van der Waals surface area contributed by atoms with Gasteiger partial charge in [0.15, 0.2) is 0 Å². The van der Waals surface area contributed by atoms with E-state index < -0.39 is 0 Å². The van der Waals surface area contributed by atoms with Crippen LogP contribution in [0, 0.1) is 6.92 Å². The van der Waals surface area contributed by atoms with Crippen LogP contribution >= 0.6 is 15.9 Å². The molecule has 3 N–H and O–H groups in total. The van der Waals surface area contributed by atoms with Gasteiger partial charge in [0.2, 0.25) is 0 Å². The van der Waals surface area contributed by atoms with Gasteiger partial charge in [-0.1, -0.05) is 0 Å². The molecule has 2 heterocycles. The lowest BCUT2D eigenvalue weighted by molar-refractivity contribution is 0.102. The van der Waals surface area contributed by atoms with Crippen LogP contribution in [0.2, 0.25) is 0 Å². The quantitative estimate of drug-likeness (QED) is 0.892. The molecule has 0 aliphatic carbocycles. The fourth-order valence-corrected chi connectivity index (χ4v) is 1.79. The summed E-state index contributed by atoms with van der Waals surface area (Å²) in [6, 6.07) is 3.36. The zero-order valence-corrected chi connectivity index (χ0v) is 11.2. The SMILES string of the molecule is Cc1cc(N)c(C(=O)Nc2ccncc2Br)cn1. The highest BCUT2D eigenvalue weighted by atomic mass is 79.9. The number of anilines is 2. The Kier molecular flexibility index (Phi) is 3.57. The van der Waals surface area contributed by atoms with Gasteiger partial charge in [0.25, 0.3) is 5.91 Å². The second-order valence-corrected chi connectivity index (χ2v) is 4.58. The average molecular weight is 307 g/mol. The molecule has 0 atom stereocenters. The zero-order valence-electron chi connectivity index (χ0n) is 9.64. The van der Waals surface area contributed by atoms with Crippen LogP contribution in [0.5, 0.6) is 0 Å². The van der Waals surface area contributed by atoms with Gasteiger partial charge in [0.05, 0.1) is 15.7 Å². The number of carbonyl (C=O) groups is 1. The monoisotopic (exact) mass is 306 g/mol. The van der Waals surface area contributed by atoms with E-state index in [2.05, 4.69) is 31.2 Å². The second kappa shape index (κ2) is 5.14. The van der Waals surface area contributed by atoms with Crippen molar-refractivity contribution in [2.24, 2.45) is 0 Å². The van der Waals surface area contributed by atoms with Crippen molar-refractivity contribution in [2.45, 2.75) is 6.92 Å². The third-order valence-corrected chi connectivity index (χ3v) is 2.97.